The minimum absolute atomic E-state index is 0.0318. The molecule has 0 spiro atoms. The normalized spacial score (nSPS) is 10.9. The van der Waals surface area contributed by atoms with Gasteiger partial charge in [0, 0.05) is 31.1 Å². The van der Waals surface area contributed by atoms with E-state index in [9.17, 15) is 4.79 Å². The molecule has 0 bridgehead atoms. The lowest BCUT2D eigenvalue weighted by molar-refractivity contribution is 0.777. The molecule has 0 atom stereocenters. The molecule has 90 valence electrons. The summed E-state index contributed by atoms with van der Waals surface area (Å²) in [5.41, 5.74) is 1.49. The van der Waals surface area contributed by atoms with E-state index in [1.165, 1.54) is 18.5 Å². The summed E-state index contributed by atoms with van der Waals surface area (Å²) >= 11 is 0. The van der Waals surface area contributed by atoms with Crippen LogP contribution in [-0.4, -0.2) is 24.1 Å². The third-order valence-electron chi connectivity index (χ3n) is 2.77. The third kappa shape index (κ3) is 1.58. The molecule has 6 nitrogen and oxygen atoms in total. The largest absolute Gasteiger partial charge is 0.315 e. The Morgan fingerprint density at radius 1 is 1.17 bits per heavy atom. The molecule has 0 radical (unpaired) electrons. The number of fused-ring (bicyclic) bond motifs is 1. The predicted molar refractivity (Wildman–Crippen MR) is 66.6 cm³/mol. The quantitative estimate of drug-likeness (QED) is 0.671. The Morgan fingerprint density at radius 2 is 1.94 bits per heavy atom. The van der Waals surface area contributed by atoms with Gasteiger partial charge in [-0.25, -0.2) is 15.0 Å². The minimum atomic E-state index is -0.0318. The van der Waals surface area contributed by atoms with Gasteiger partial charge in [-0.3, -0.25) is 4.79 Å². The number of imidazole rings is 1. The second-order valence-corrected chi connectivity index (χ2v) is 3.84. The van der Waals surface area contributed by atoms with Crippen molar-refractivity contribution < 1.29 is 0 Å². The van der Waals surface area contributed by atoms with Gasteiger partial charge in [-0.05, 0) is 6.92 Å². The molecule has 0 saturated heterocycles. The molecule has 0 aliphatic carbocycles. The fourth-order valence-electron chi connectivity index (χ4n) is 1.84. The Morgan fingerprint density at radius 3 is 2.67 bits per heavy atom. The fourth-order valence-corrected chi connectivity index (χ4v) is 1.84. The number of nitrogens with zero attached hydrogens (tertiary/aromatic N) is 5. The van der Waals surface area contributed by atoms with Crippen LogP contribution in [0.3, 0.4) is 0 Å². The average Bonchev–Trinajstić information content (AvgIpc) is 2.82. The van der Waals surface area contributed by atoms with E-state index < -0.39 is 0 Å². The van der Waals surface area contributed by atoms with Gasteiger partial charge in [-0.2, -0.15) is 0 Å². The molecule has 6 heteroatoms. The molecule has 0 aliphatic heterocycles. The van der Waals surface area contributed by atoms with Gasteiger partial charge in [-0.15, -0.1) is 0 Å². The first-order chi connectivity index (χ1) is 8.79. The number of aromatic nitrogens is 5. The van der Waals surface area contributed by atoms with Crippen molar-refractivity contribution >= 4 is 11.2 Å². The molecule has 3 aromatic heterocycles. The van der Waals surface area contributed by atoms with Gasteiger partial charge >= 0.3 is 0 Å². The number of rotatable bonds is 2. The Hall–Kier alpha value is -2.50. The van der Waals surface area contributed by atoms with Crippen LogP contribution in [0, 0.1) is 0 Å². The molecule has 3 aromatic rings. The first-order valence-electron chi connectivity index (χ1n) is 5.64. The lowest BCUT2D eigenvalue weighted by Crippen LogP contribution is -2.04. The number of pyridine rings is 1. The second kappa shape index (κ2) is 4.06. The Balaban J connectivity index is 2.26. The second-order valence-electron chi connectivity index (χ2n) is 3.84. The average molecular weight is 241 g/mol. The summed E-state index contributed by atoms with van der Waals surface area (Å²) < 4.78 is 3.71. The maximum Gasteiger partial charge on any atom is 0.181 e. The summed E-state index contributed by atoms with van der Waals surface area (Å²) in [6.45, 7) is 2.83. The highest BCUT2D eigenvalue weighted by molar-refractivity contribution is 5.78. The Labute approximate surface area is 103 Å². The lowest BCUT2D eigenvalue weighted by Gasteiger charge is -2.05. The van der Waals surface area contributed by atoms with E-state index in [0.29, 0.717) is 5.82 Å². The van der Waals surface area contributed by atoms with Crippen molar-refractivity contribution in [3.63, 3.8) is 0 Å². The molecule has 0 fully saturated rings. The molecule has 3 heterocycles. The van der Waals surface area contributed by atoms with E-state index in [1.54, 1.807) is 23.3 Å². The standard InChI is InChI=1S/C12H11N5O/c1-2-16-8-15-10-11(16)13-7-14-12(10)17-5-3-9(18)4-6-17/h3-8H,2H2,1H3. The van der Waals surface area contributed by atoms with Gasteiger partial charge < -0.3 is 9.13 Å². The molecule has 18 heavy (non-hydrogen) atoms. The van der Waals surface area contributed by atoms with E-state index in [1.807, 2.05) is 11.5 Å². The molecule has 3 rings (SSSR count). The van der Waals surface area contributed by atoms with Gasteiger partial charge in [0.05, 0.1) is 6.33 Å². The highest BCUT2D eigenvalue weighted by Crippen LogP contribution is 2.15. The van der Waals surface area contributed by atoms with Crippen molar-refractivity contribution in [2.45, 2.75) is 13.5 Å². The Bertz CT molecular complexity index is 738. The van der Waals surface area contributed by atoms with Crippen molar-refractivity contribution in [3.8, 4) is 5.82 Å². The molecule has 0 aliphatic rings. The molecular formula is C12H11N5O. The van der Waals surface area contributed by atoms with Crippen LogP contribution in [-0.2, 0) is 6.54 Å². The predicted octanol–water partition coefficient (Wildman–Crippen LogP) is 0.997. The smallest absolute Gasteiger partial charge is 0.181 e. The molecule has 0 N–H and O–H groups in total. The molecule has 0 unspecified atom stereocenters. The topological polar surface area (TPSA) is 65.6 Å². The minimum Gasteiger partial charge on any atom is -0.315 e. The molecular weight excluding hydrogens is 230 g/mol. The van der Waals surface area contributed by atoms with Gasteiger partial charge in [0.2, 0.25) is 0 Å². The van der Waals surface area contributed by atoms with Crippen LogP contribution in [0.2, 0.25) is 0 Å². The zero-order valence-electron chi connectivity index (χ0n) is 9.82. The van der Waals surface area contributed by atoms with Gasteiger partial charge in [0.15, 0.2) is 22.4 Å². The van der Waals surface area contributed by atoms with E-state index >= 15 is 0 Å². The molecule has 0 aromatic carbocycles. The maximum absolute atomic E-state index is 11.1. The van der Waals surface area contributed by atoms with E-state index in [4.69, 9.17) is 0 Å². The van der Waals surface area contributed by atoms with Crippen molar-refractivity contribution in [1.29, 1.82) is 0 Å². The zero-order chi connectivity index (χ0) is 12.5. The first-order valence-corrected chi connectivity index (χ1v) is 5.64. The van der Waals surface area contributed by atoms with Crippen LogP contribution >= 0.6 is 0 Å². The number of hydrogen-bond acceptors (Lipinski definition) is 4. The summed E-state index contributed by atoms with van der Waals surface area (Å²) in [6.07, 6.45) is 6.60. The van der Waals surface area contributed by atoms with Crippen LogP contribution in [0.25, 0.3) is 17.0 Å². The van der Waals surface area contributed by atoms with E-state index in [0.717, 1.165) is 17.7 Å². The summed E-state index contributed by atoms with van der Waals surface area (Å²) in [7, 11) is 0. The highest BCUT2D eigenvalue weighted by atomic mass is 16.1. The lowest BCUT2D eigenvalue weighted by atomic mass is 10.4. The van der Waals surface area contributed by atoms with Crippen LogP contribution < -0.4 is 5.43 Å². The van der Waals surface area contributed by atoms with E-state index in [2.05, 4.69) is 15.0 Å². The molecule has 0 saturated carbocycles. The highest BCUT2D eigenvalue weighted by Gasteiger charge is 2.09. The van der Waals surface area contributed by atoms with Crippen molar-refractivity contribution in [3.05, 3.63) is 47.4 Å². The Kier molecular flexibility index (Phi) is 2.40. The van der Waals surface area contributed by atoms with Gasteiger partial charge in [-0.1, -0.05) is 0 Å². The van der Waals surface area contributed by atoms with Gasteiger partial charge in [0.1, 0.15) is 6.33 Å². The fraction of sp³-hybridized carbons (Fsp3) is 0.167. The van der Waals surface area contributed by atoms with Crippen molar-refractivity contribution in [2.75, 3.05) is 0 Å². The van der Waals surface area contributed by atoms with Crippen LogP contribution in [0.1, 0.15) is 6.92 Å². The van der Waals surface area contributed by atoms with Crippen molar-refractivity contribution in [1.82, 2.24) is 24.1 Å². The first kappa shape index (κ1) is 10.6. The third-order valence-corrected chi connectivity index (χ3v) is 2.77. The van der Waals surface area contributed by atoms with Crippen LogP contribution in [0.4, 0.5) is 0 Å². The summed E-state index contributed by atoms with van der Waals surface area (Å²) in [6, 6.07) is 2.98. The summed E-state index contributed by atoms with van der Waals surface area (Å²) in [5, 5.41) is 0. The van der Waals surface area contributed by atoms with E-state index in [-0.39, 0.29) is 5.43 Å². The van der Waals surface area contributed by atoms with Crippen LogP contribution in [0.15, 0.2) is 42.0 Å². The number of hydrogen-bond donors (Lipinski definition) is 0. The monoisotopic (exact) mass is 241 g/mol. The summed E-state index contributed by atoms with van der Waals surface area (Å²) in [4.78, 5) is 23.9. The maximum atomic E-state index is 11.1. The molecule has 0 amide bonds. The zero-order valence-corrected chi connectivity index (χ0v) is 9.82. The van der Waals surface area contributed by atoms with Crippen molar-refractivity contribution in [2.24, 2.45) is 0 Å². The summed E-state index contributed by atoms with van der Waals surface area (Å²) in [5.74, 6) is 0.673. The van der Waals surface area contributed by atoms with Gasteiger partial charge in [0.25, 0.3) is 0 Å². The number of aryl methyl sites for hydroxylation is 1. The van der Waals surface area contributed by atoms with Crippen LogP contribution in [0.5, 0.6) is 0 Å². The SMILES string of the molecule is CCn1cnc2c(-n3ccc(=O)cc3)ncnc21.